The molecule has 1 aliphatic heterocycles. The van der Waals surface area contributed by atoms with Crippen molar-refractivity contribution in [2.45, 2.75) is 40.2 Å². The van der Waals surface area contributed by atoms with Gasteiger partial charge in [0.05, 0.1) is 5.52 Å². The van der Waals surface area contributed by atoms with Gasteiger partial charge in [0.2, 0.25) is 5.91 Å². The van der Waals surface area contributed by atoms with Gasteiger partial charge >= 0.3 is 0 Å². The zero-order valence-corrected chi connectivity index (χ0v) is 22.3. The number of pyridine rings is 1. The number of hydrogen-bond acceptors (Lipinski definition) is 4. The molecular formula is C32H34N4O2. The van der Waals surface area contributed by atoms with Gasteiger partial charge in [-0.1, -0.05) is 44.2 Å². The molecule has 0 bridgehead atoms. The molecule has 0 aliphatic carbocycles. The first-order valence-electron chi connectivity index (χ1n) is 13.3. The molecule has 1 aliphatic rings. The molecule has 6 nitrogen and oxygen atoms in total. The van der Waals surface area contributed by atoms with Crippen LogP contribution in [0.15, 0.2) is 72.9 Å². The van der Waals surface area contributed by atoms with Crippen LogP contribution in [0.2, 0.25) is 0 Å². The Morgan fingerprint density at radius 2 is 1.68 bits per heavy atom. The number of carbonyl (C=O) groups is 2. The van der Waals surface area contributed by atoms with Gasteiger partial charge in [-0.25, -0.2) is 0 Å². The topological polar surface area (TPSA) is 74.3 Å². The fourth-order valence-electron chi connectivity index (χ4n) is 4.89. The maximum Gasteiger partial charge on any atom is 0.255 e. The highest BCUT2D eigenvalue weighted by molar-refractivity contribution is 6.06. The predicted octanol–water partition coefficient (Wildman–Crippen LogP) is 6.65. The second-order valence-electron chi connectivity index (χ2n) is 10.4. The Kier molecular flexibility index (Phi) is 7.52. The van der Waals surface area contributed by atoms with E-state index in [4.69, 9.17) is 4.98 Å². The Morgan fingerprint density at radius 3 is 2.42 bits per heavy atom. The molecule has 2 amide bonds. The fourth-order valence-corrected chi connectivity index (χ4v) is 4.89. The van der Waals surface area contributed by atoms with E-state index >= 15 is 0 Å². The summed E-state index contributed by atoms with van der Waals surface area (Å²) in [7, 11) is 0. The molecule has 2 N–H and O–H groups in total. The second-order valence-corrected chi connectivity index (χ2v) is 10.4. The number of benzene rings is 3. The molecule has 5 rings (SSSR count). The van der Waals surface area contributed by atoms with E-state index in [1.54, 1.807) is 0 Å². The molecule has 0 radical (unpaired) electrons. The van der Waals surface area contributed by atoms with Gasteiger partial charge < -0.3 is 10.6 Å². The summed E-state index contributed by atoms with van der Waals surface area (Å²) in [5, 5.41) is 7.08. The van der Waals surface area contributed by atoms with Crippen LogP contribution < -0.4 is 10.6 Å². The minimum absolute atomic E-state index is 0.0177. The Hall–Kier alpha value is -4.03. The third-order valence-corrected chi connectivity index (χ3v) is 7.15. The normalized spacial score (nSPS) is 13.7. The summed E-state index contributed by atoms with van der Waals surface area (Å²) in [6, 6.07) is 21.4. The highest BCUT2D eigenvalue weighted by Gasteiger charge is 2.14. The van der Waals surface area contributed by atoms with Crippen LogP contribution >= 0.6 is 0 Å². The van der Waals surface area contributed by atoms with Crippen molar-refractivity contribution in [3.05, 3.63) is 89.6 Å². The van der Waals surface area contributed by atoms with Gasteiger partial charge in [0.1, 0.15) is 0 Å². The highest BCUT2D eigenvalue weighted by Crippen LogP contribution is 2.27. The lowest BCUT2D eigenvalue weighted by Gasteiger charge is -2.15. The number of aromatic nitrogens is 1. The van der Waals surface area contributed by atoms with Crippen LogP contribution in [0, 0.1) is 12.8 Å². The zero-order chi connectivity index (χ0) is 26.6. The van der Waals surface area contributed by atoms with Crippen molar-refractivity contribution in [1.82, 2.24) is 9.88 Å². The average molecular weight is 507 g/mol. The number of rotatable bonds is 7. The minimum Gasteiger partial charge on any atom is -0.326 e. The first kappa shape index (κ1) is 25.6. The summed E-state index contributed by atoms with van der Waals surface area (Å²) in [4.78, 5) is 32.3. The molecule has 1 fully saturated rings. The number of anilines is 2. The first-order chi connectivity index (χ1) is 18.4. The molecule has 2 heterocycles. The van der Waals surface area contributed by atoms with Crippen LogP contribution in [0.3, 0.4) is 0 Å². The SMILES string of the molecule is Cc1c(NC(=O)c2ccc(-c3cccc(NC(=O)C(C)C)c3)cc2)ccc2cc(CN3CCCC3)cnc12. The van der Waals surface area contributed by atoms with Gasteiger partial charge in [0, 0.05) is 41.0 Å². The second kappa shape index (κ2) is 11.2. The van der Waals surface area contributed by atoms with E-state index in [9.17, 15) is 9.59 Å². The Labute approximate surface area is 224 Å². The number of nitrogens with one attached hydrogen (secondary N) is 2. The average Bonchev–Trinajstić information content (AvgIpc) is 3.43. The number of carbonyl (C=O) groups excluding carboxylic acids is 2. The molecule has 6 heteroatoms. The van der Waals surface area contributed by atoms with Gasteiger partial charge in [-0.2, -0.15) is 0 Å². The maximum absolute atomic E-state index is 13.1. The van der Waals surface area contributed by atoms with E-state index < -0.39 is 0 Å². The lowest BCUT2D eigenvalue weighted by atomic mass is 10.0. The van der Waals surface area contributed by atoms with Crippen molar-refractivity contribution in [2.75, 3.05) is 23.7 Å². The van der Waals surface area contributed by atoms with Crippen molar-refractivity contribution in [2.24, 2.45) is 5.92 Å². The number of likely N-dealkylation sites (tertiary alicyclic amines) is 1. The summed E-state index contributed by atoms with van der Waals surface area (Å²) in [5.74, 6) is -0.269. The largest absolute Gasteiger partial charge is 0.326 e. The molecule has 38 heavy (non-hydrogen) atoms. The smallest absolute Gasteiger partial charge is 0.255 e. The molecular weight excluding hydrogens is 472 g/mol. The third kappa shape index (κ3) is 5.76. The number of nitrogens with zero attached hydrogens (tertiary/aromatic N) is 2. The van der Waals surface area contributed by atoms with Gasteiger partial charge in [-0.3, -0.25) is 19.5 Å². The molecule has 1 aromatic heterocycles. The van der Waals surface area contributed by atoms with Crippen LogP contribution in [0.4, 0.5) is 11.4 Å². The number of amides is 2. The molecule has 4 aromatic rings. The number of hydrogen-bond donors (Lipinski definition) is 2. The highest BCUT2D eigenvalue weighted by atomic mass is 16.2. The van der Waals surface area contributed by atoms with Crippen molar-refractivity contribution >= 4 is 34.1 Å². The lowest BCUT2D eigenvalue weighted by Crippen LogP contribution is -2.18. The summed E-state index contributed by atoms with van der Waals surface area (Å²) in [6.45, 7) is 8.99. The van der Waals surface area contributed by atoms with E-state index in [2.05, 4.69) is 21.6 Å². The van der Waals surface area contributed by atoms with Crippen molar-refractivity contribution in [3.8, 4) is 11.1 Å². The molecule has 0 unspecified atom stereocenters. The molecule has 0 saturated carbocycles. The Morgan fingerprint density at radius 1 is 0.921 bits per heavy atom. The van der Waals surface area contributed by atoms with Crippen LogP contribution in [-0.2, 0) is 11.3 Å². The lowest BCUT2D eigenvalue weighted by molar-refractivity contribution is -0.118. The molecule has 194 valence electrons. The van der Waals surface area contributed by atoms with Crippen molar-refractivity contribution in [3.63, 3.8) is 0 Å². The molecule has 0 atom stereocenters. The third-order valence-electron chi connectivity index (χ3n) is 7.15. The van der Waals surface area contributed by atoms with Crippen LogP contribution in [0.1, 0.15) is 48.2 Å². The van der Waals surface area contributed by atoms with E-state index in [1.807, 2.05) is 87.6 Å². The fraction of sp³-hybridized carbons (Fsp3) is 0.281. The quantitative estimate of drug-likeness (QED) is 0.294. The van der Waals surface area contributed by atoms with Crippen molar-refractivity contribution in [1.29, 1.82) is 0 Å². The number of fused-ring (bicyclic) bond motifs is 1. The van der Waals surface area contributed by atoms with Crippen LogP contribution in [-0.4, -0.2) is 34.8 Å². The maximum atomic E-state index is 13.1. The summed E-state index contributed by atoms with van der Waals surface area (Å²) < 4.78 is 0. The summed E-state index contributed by atoms with van der Waals surface area (Å²) in [5.41, 5.74) is 7.13. The minimum atomic E-state index is -0.164. The Bertz CT molecular complexity index is 1470. The first-order valence-corrected chi connectivity index (χ1v) is 13.3. The van der Waals surface area contributed by atoms with Crippen LogP contribution in [0.5, 0.6) is 0 Å². The standard InChI is InChI=1S/C32H34N4O2/c1-21(2)31(37)34-28-8-6-7-26(18-28)24-9-11-25(12-10-24)32(38)35-29-14-13-27-17-23(19-33-30(27)22(29)3)20-36-15-4-5-16-36/h6-14,17-19,21H,4-5,15-16,20H2,1-3H3,(H,34,37)(H,35,38). The van der Waals surface area contributed by atoms with E-state index in [1.165, 1.54) is 18.4 Å². The molecule has 3 aromatic carbocycles. The van der Waals surface area contributed by atoms with Gasteiger partial charge in [0.15, 0.2) is 0 Å². The Balaban J connectivity index is 1.28. The monoisotopic (exact) mass is 506 g/mol. The summed E-state index contributed by atoms with van der Waals surface area (Å²) >= 11 is 0. The van der Waals surface area contributed by atoms with Gasteiger partial charge in [0.25, 0.3) is 5.91 Å². The van der Waals surface area contributed by atoms with Crippen LogP contribution in [0.25, 0.3) is 22.0 Å². The van der Waals surface area contributed by atoms with E-state index in [0.717, 1.165) is 58.6 Å². The predicted molar refractivity (Wildman–Crippen MR) is 154 cm³/mol. The van der Waals surface area contributed by atoms with E-state index in [0.29, 0.717) is 5.56 Å². The van der Waals surface area contributed by atoms with E-state index in [-0.39, 0.29) is 17.7 Å². The van der Waals surface area contributed by atoms with Gasteiger partial charge in [-0.05, 0) is 91.5 Å². The molecule has 1 saturated heterocycles. The molecule has 0 spiro atoms. The van der Waals surface area contributed by atoms with Gasteiger partial charge in [-0.15, -0.1) is 0 Å². The van der Waals surface area contributed by atoms with Crippen molar-refractivity contribution < 1.29 is 9.59 Å². The number of aryl methyl sites for hydroxylation is 1. The summed E-state index contributed by atoms with van der Waals surface area (Å²) in [6.07, 6.45) is 4.51. The zero-order valence-electron chi connectivity index (χ0n) is 22.3.